The summed E-state index contributed by atoms with van der Waals surface area (Å²) in [5.41, 5.74) is 1.22. The van der Waals surface area contributed by atoms with E-state index < -0.39 is 31.7 Å². The minimum absolute atomic E-state index is 0.0747. The molecule has 0 bridgehead atoms. The van der Waals surface area contributed by atoms with Gasteiger partial charge in [0.25, 0.3) is 5.92 Å². The third-order valence-corrected chi connectivity index (χ3v) is 4.59. The summed E-state index contributed by atoms with van der Waals surface area (Å²) in [7, 11) is 2.79. The van der Waals surface area contributed by atoms with Crippen molar-refractivity contribution in [2.45, 2.75) is 18.6 Å². The largest absolute Gasteiger partial charge is 0.480 e. The number of fused-ring (bicyclic) bond motifs is 1. The summed E-state index contributed by atoms with van der Waals surface area (Å²) in [5, 5.41) is 4.39. The predicted octanol–water partition coefficient (Wildman–Crippen LogP) is 2.27. The summed E-state index contributed by atoms with van der Waals surface area (Å²) < 4.78 is 69.4. The summed E-state index contributed by atoms with van der Waals surface area (Å²) in [6, 6.07) is 1.57. The highest BCUT2D eigenvalue weighted by Gasteiger charge is 2.50. The van der Waals surface area contributed by atoms with E-state index in [1.165, 1.54) is 48.3 Å². The summed E-state index contributed by atoms with van der Waals surface area (Å²) in [4.78, 5) is 13.5. The molecule has 0 aromatic carbocycles. The van der Waals surface area contributed by atoms with Crippen molar-refractivity contribution in [2.75, 3.05) is 32.2 Å². The zero-order valence-electron chi connectivity index (χ0n) is 15.8. The maximum absolute atomic E-state index is 14.3. The SMILES string of the molecule is COc1ncc(-c2cc(N3CC(OC(F)F)C(F)(F)C3)c3nccn3n2)c(OC)n1. The van der Waals surface area contributed by atoms with Crippen molar-refractivity contribution >= 4 is 11.3 Å². The third kappa shape index (κ3) is 3.56. The summed E-state index contributed by atoms with van der Waals surface area (Å²) in [6.45, 7) is -4.56. The molecule has 1 atom stereocenters. The molecule has 4 rings (SSSR count). The molecule has 3 aromatic rings. The Bertz CT molecular complexity index is 1060. The molecular formula is C17H16F4N6O3. The van der Waals surface area contributed by atoms with Crippen LogP contribution in [0.1, 0.15) is 0 Å². The molecule has 0 spiro atoms. The molecule has 1 unspecified atom stereocenters. The van der Waals surface area contributed by atoms with Crippen LogP contribution < -0.4 is 14.4 Å². The lowest BCUT2D eigenvalue weighted by atomic mass is 10.2. The molecule has 13 heteroatoms. The Morgan fingerprint density at radius 1 is 1.20 bits per heavy atom. The van der Waals surface area contributed by atoms with E-state index in [0.29, 0.717) is 11.3 Å². The van der Waals surface area contributed by atoms with E-state index in [9.17, 15) is 17.6 Å². The molecule has 3 aromatic heterocycles. The molecule has 0 amide bonds. The number of nitrogens with zero attached hydrogens (tertiary/aromatic N) is 6. The van der Waals surface area contributed by atoms with Gasteiger partial charge in [0.15, 0.2) is 5.65 Å². The Hall–Kier alpha value is -3.22. The van der Waals surface area contributed by atoms with Gasteiger partial charge < -0.3 is 19.1 Å². The highest BCUT2D eigenvalue weighted by Crippen LogP contribution is 2.37. The first-order chi connectivity index (χ1) is 14.3. The molecule has 9 nitrogen and oxygen atoms in total. The zero-order valence-corrected chi connectivity index (χ0v) is 15.8. The van der Waals surface area contributed by atoms with Crippen molar-refractivity contribution < 1.29 is 31.8 Å². The normalized spacial score (nSPS) is 18.4. The summed E-state index contributed by atoms with van der Waals surface area (Å²) in [6.07, 6.45) is 2.43. The first-order valence-electron chi connectivity index (χ1n) is 8.68. The number of hydrogen-bond acceptors (Lipinski definition) is 8. The third-order valence-electron chi connectivity index (χ3n) is 4.59. The van der Waals surface area contributed by atoms with Crippen molar-refractivity contribution in [3.05, 3.63) is 24.7 Å². The Kier molecular flexibility index (Phi) is 5.05. The van der Waals surface area contributed by atoms with Crippen LogP contribution in [0, 0.1) is 0 Å². The fourth-order valence-corrected chi connectivity index (χ4v) is 3.25. The van der Waals surface area contributed by atoms with Gasteiger partial charge in [-0.25, -0.2) is 23.3 Å². The lowest BCUT2D eigenvalue weighted by Crippen LogP contribution is -2.35. The van der Waals surface area contributed by atoms with Crippen molar-refractivity contribution in [1.29, 1.82) is 0 Å². The average Bonchev–Trinajstić information content (AvgIpc) is 3.30. The number of imidazole rings is 1. The van der Waals surface area contributed by atoms with Crippen molar-refractivity contribution in [3.8, 4) is 23.1 Å². The van der Waals surface area contributed by atoms with Crippen LogP contribution in [-0.4, -0.2) is 70.5 Å². The predicted molar refractivity (Wildman–Crippen MR) is 95.2 cm³/mol. The fraction of sp³-hybridized carbons (Fsp3) is 0.412. The number of ether oxygens (including phenoxy) is 3. The molecule has 0 radical (unpaired) electrons. The highest BCUT2D eigenvalue weighted by molar-refractivity contribution is 5.76. The highest BCUT2D eigenvalue weighted by atomic mass is 19.3. The van der Waals surface area contributed by atoms with Crippen LogP contribution in [0.25, 0.3) is 16.9 Å². The maximum Gasteiger partial charge on any atom is 0.345 e. The summed E-state index contributed by atoms with van der Waals surface area (Å²) in [5.74, 6) is -3.31. The van der Waals surface area contributed by atoms with Gasteiger partial charge in [0, 0.05) is 18.6 Å². The van der Waals surface area contributed by atoms with Crippen LogP contribution in [0.3, 0.4) is 0 Å². The zero-order chi connectivity index (χ0) is 21.5. The monoisotopic (exact) mass is 428 g/mol. The summed E-state index contributed by atoms with van der Waals surface area (Å²) >= 11 is 0. The van der Waals surface area contributed by atoms with Gasteiger partial charge in [0.05, 0.1) is 38.6 Å². The lowest BCUT2D eigenvalue weighted by molar-refractivity contribution is -0.210. The van der Waals surface area contributed by atoms with Crippen LogP contribution in [0.4, 0.5) is 23.2 Å². The first-order valence-corrected chi connectivity index (χ1v) is 8.68. The maximum atomic E-state index is 14.3. The van der Waals surface area contributed by atoms with E-state index in [1.807, 2.05) is 0 Å². The van der Waals surface area contributed by atoms with Crippen LogP contribution in [0.2, 0.25) is 0 Å². The Labute approximate surface area is 167 Å². The van der Waals surface area contributed by atoms with E-state index in [4.69, 9.17) is 9.47 Å². The van der Waals surface area contributed by atoms with Gasteiger partial charge in [-0.3, -0.25) is 0 Å². The Morgan fingerprint density at radius 3 is 2.70 bits per heavy atom. The van der Waals surface area contributed by atoms with Crippen molar-refractivity contribution in [2.24, 2.45) is 0 Å². The van der Waals surface area contributed by atoms with Gasteiger partial charge in [-0.15, -0.1) is 0 Å². The van der Waals surface area contributed by atoms with E-state index in [2.05, 4.69) is 24.8 Å². The van der Waals surface area contributed by atoms with E-state index in [1.54, 1.807) is 0 Å². The van der Waals surface area contributed by atoms with Crippen LogP contribution in [0.5, 0.6) is 11.9 Å². The Balaban J connectivity index is 1.78. The van der Waals surface area contributed by atoms with Crippen LogP contribution in [-0.2, 0) is 4.74 Å². The smallest absolute Gasteiger partial charge is 0.345 e. The lowest BCUT2D eigenvalue weighted by Gasteiger charge is -2.19. The van der Waals surface area contributed by atoms with E-state index in [0.717, 1.165) is 0 Å². The topological polar surface area (TPSA) is 86.9 Å². The number of halogens is 4. The number of alkyl halides is 4. The number of aromatic nitrogens is 5. The van der Waals surface area contributed by atoms with Gasteiger partial charge in [0.1, 0.15) is 11.8 Å². The van der Waals surface area contributed by atoms with E-state index in [-0.39, 0.29) is 23.2 Å². The standard InChI is InChI=1S/C17H16F4N6O3/c1-28-14-9(6-23-16(24-14)29-2)10-5-11(13-22-3-4-27(13)25-10)26-7-12(30-15(18)19)17(20,21)8-26/h3-6,12,15H,7-8H2,1-2H3. The average molecular weight is 428 g/mol. The molecular weight excluding hydrogens is 412 g/mol. The number of methoxy groups -OCH3 is 2. The fourth-order valence-electron chi connectivity index (χ4n) is 3.25. The molecule has 1 fully saturated rings. The molecule has 30 heavy (non-hydrogen) atoms. The molecule has 1 aliphatic heterocycles. The second-order valence-corrected chi connectivity index (χ2v) is 6.42. The van der Waals surface area contributed by atoms with Crippen LogP contribution >= 0.6 is 0 Å². The van der Waals surface area contributed by atoms with Crippen molar-refractivity contribution in [1.82, 2.24) is 24.6 Å². The second-order valence-electron chi connectivity index (χ2n) is 6.42. The molecule has 1 aliphatic rings. The first kappa shape index (κ1) is 20.1. The molecule has 0 saturated carbocycles. The van der Waals surface area contributed by atoms with Crippen molar-refractivity contribution in [3.63, 3.8) is 0 Å². The number of anilines is 1. The minimum atomic E-state index is -3.47. The molecule has 0 N–H and O–H groups in total. The van der Waals surface area contributed by atoms with Gasteiger partial charge in [-0.2, -0.15) is 18.9 Å². The van der Waals surface area contributed by atoms with Crippen LogP contribution in [0.15, 0.2) is 24.7 Å². The minimum Gasteiger partial charge on any atom is -0.480 e. The molecule has 160 valence electrons. The molecule has 4 heterocycles. The van der Waals surface area contributed by atoms with Gasteiger partial charge in [-0.1, -0.05) is 0 Å². The van der Waals surface area contributed by atoms with Gasteiger partial charge in [-0.05, 0) is 6.07 Å². The number of rotatable bonds is 6. The number of hydrogen-bond donors (Lipinski definition) is 0. The van der Waals surface area contributed by atoms with Gasteiger partial charge in [0.2, 0.25) is 5.88 Å². The molecule has 1 saturated heterocycles. The second kappa shape index (κ2) is 7.55. The molecule has 0 aliphatic carbocycles. The van der Waals surface area contributed by atoms with E-state index >= 15 is 0 Å². The Morgan fingerprint density at radius 2 is 2.00 bits per heavy atom. The quantitative estimate of drug-likeness (QED) is 0.553. The van der Waals surface area contributed by atoms with Gasteiger partial charge >= 0.3 is 12.6 Å².